The molecule has 0 heterocycles. The van der Waals surface area contributed by atoms with Crippen molar-refractivity contribution in [2.75, 3.05) is 39.6 Å². The number of esters is 4. The smallest absolute Gasteiger partial charge is 0.462 e. The molecule has 0 aromatic rings. The first kappa shape index (κ1) is 95.1. The van der Waals surface area contributed by atoms with Gasteiger partial charge in [0.1, 0.15) is 19.3 Å². The van der Waals surface area contributed by atoms with E-state index in [4.69, 9.17) is 37.0 Å². The topological polar surface area (TPSA) is 237 Å². The molecule has 0 aliphatic carbocycles. The Morgan fingerprint density at radius 3 is 0.732 bits per heavy atom. The van der Waals surface area contributed by atoms with E-state index < -0.39 is 97.5 Å². The van der Waals surface area contributed by atoms with Crippen molar-refractivity contribution in [1.82, 2.24) is 0 Å². The van der Waals surface area contributed by atoms with Gasteiger partial charge in [-0.3, -0.25) is 37.3 Å². The SMILES string of the molecule is CCCCCCCCCCCCCCCCCCCCCCC(=O)O[C@H](COC(=O)CCCCCCCCCCCCC(C)CC)COP(=O)(O)OC[C@@H](O)COP(=O)(O)OC[C@@H](COC(=O)CCCCCCCCCCC)OC(=O)CCCCCCCCCCCCCCCC. The number of phosphoric acid groups is 2. The van der Waals surface area contributed by atoms with E-state index in [0.29, 0.717) is 25.7 Å². The summed E-state index contributed by atoms with van der Waals surface area (Å²) in [6.45, 7) is 7.32. The van der Waals surface area contributed by atoms with Crippen molar-refractivity contribution in [3.05, 3.63) is 0 Å². The summed E-state index contributed by atoms with van der Waals surface area (Å²) in [6, 6.07) is 0. The number of ether oxygens (including phenoxy) is 4. The Labute approximate surface area is 594 Å². The largest absolute Gasteiger partial charge is 0.472 e. The quantitative estimate of drug-likeness (QED) is 0.0222. The number of unbranched alkanes of at least 4 members (excludes halogenated alkanes) is 49. The lowest BCUT2D eigenvalue weighted by Crippen LogP contribution is -2.30. The minimum atomic E-state index is -4.96. The predicted molar refractivity (Wildman–Crippen MR) is 395 cm³/mol. The van der Waals surface area contributed by atoms with E-state index in [2.05, 4.69) is 34.6 Å². The molecule has 6 atom stereocenters. The van der Waals surface area contributed by atoms with Crippen LogP contribution in [0.15, 0.2) is 0 Å². The Kier molecular flexibility index (Phi) is 69.6. The number of rotatable bonds is 78. The van der Waals surface area contributed by atoms with E-state index in [-0.39, 0.29) is 25.7 Å². The molecule has 0 amide bonds. The molecule has 19 heteroatoms. The van der Waals surface area contributed by atoms with Gasteiger partial charge < -0.3 is 33.8 Å². The molecule has 0 spiro atoms. The van der Waals surface area contributed by atoms with Crippen molar-refractivity contribution >= 4 is 39.5 Å². The van der Waals surface area contributed by atoms with Gasteiger partial charge in [0.2, 0.25) is 0 Å². The molecular weight excluding hydrogens is 1270 g/mol. The summed E-state index contributed by atoms with van der Waals surface area (Å²) in [4.78, 5) is 72.8. The maximum atomic E-state index is 13.1. The highest BCUT2D eigenvalue weighted by Gasteiger charge is 2.30. The maximum Gasteiger partial charge on any atom is 0.472 e. The van der Waals surface area contributed by atoms with Crippen LogP contribution in [0.25, 0.3) is 0 Å². The molecule has 3 unspecified atom stereocenters. The Morgan fingerprint density at radius 2 is 0.495 bits per heavy atom. The van der Waals surface area contributed by atoms with Gasteiger partial charge >= 0.3 is 39.5 Å². The summed E-state index contributed by atoms with van der Waals surface area (Å²) < 4.78 is 68.6. The molecule has 576 valence electrons. The van der Waals surface area contributed by atoms with Crippen LogP contribution in [-0.2, 0) is 65.4 Å². The molecule has 0 aromatic carbocycles. The van der Waals surface area contributed by atoms with Gasteiger partial charge in [-0.2, -0.15) is 0 Å². The van der Waals surface area contributed by atoms with E-state index in [0.717, 1.165) is 95.8 Å². The van der Waals surface area contributed by atoms with Crippen LogP contribution in [0.1, 0.15) is 413 Å². The Morgan fingerprint density at radius 1 is 0.289 bits per heavy atom. The molecule has 0 aliphatic rings. The normalized spacial score (nSPS) is 14.2. The Bertz CT molecular complexity index is 1860. The van der Waals surface area contributed by atoms with Crippen molar-refractivity contribution < 1.29 is 80.2 Å². The molecule has 3 N–H and O–H groups in total. The van der Waals surface area contributed by atoms with Crippen LogP contribution in [0, 0.1) is 5.92 Å². The molecule has 97 heavy (non-hydrogen) atoms. The fraction of sp³-hybridized carbons (Fsp3) is 0.949. The molecule has 0 radical (unpaired) electrons. The van der Waals surface area contributed by atoms with Gasteiger partial charge in [-0.15, -0.1) is 0 Å². The monoisotopic (exact) mass is 1420 g/mol. The standard InChI is InChI=1S/C78H152O17P2/c1-6-10-13-16-19-22-24-26-28-29-30-31-32-33-35-37-44-49-54-59-64-78(83)95-74(68-89-76(81)62-57-52-47-42-39-38-41-45-50-55-60-71(5)9-4)70-93-97(86,87)91-66-72(79)65-90-96(84,85)92-69-73(67-88-75(80)61-56-51-46-40-21-18-15-12-8-3)94-77(82)63-58-53-48-43-36-34-27-25-23-20-17-14-11-7-2/h71-74,79H,6-70H2,1-5H3,(H,84,85)(H,86,87)/t71?,72-,73+,74+/m0/s1. The number of hydrogen-bond acceptors (Lipinski definition) is 15. The maximum absolute atomic E-state index is 13.1. The van der Waals surface area contributed by atoms with Crippen LogP contribution in [-0.4, -0.2) is 96.7 Å². The Hall–Kier alpha value is -1.94. The van der Waals surface area contributed by atoms with Gasteiger partial charge in [0.15, 0.2) is 12.2 Å². The minimum Gasteiger partial charge on any atom is -0.462 e. The first-order valence-electron chi connectivity index (χ1n) is 40.7. The Balaban J connectivity index is 5.21. The average Bonchev–Trinajstić information content (AvgIpc) is 1.83. The van der Waals surface area contributed by atoms with Crippen LogP contribution in [0.3, 0.4) is 0 Å². The molecule has 0 aromatic heterocycles. The summed E-state index contributed by atoms with van der Waals surface area (Å²) in [5, 5.41) is 10.6. The zero-order valence-corrected chi connectivity index (χ0v) is 65.0. The molecule has 0 rings (SSSR count). The van der Waals surface area contributed by atoms with E-state index in [1.807, 2.05) is 0 Å². The van der Waals surface area contributed by atoms with Crippen LogP contribution < -0.4 is 0 Å². The second-order valence-corrected chi connectivity index (χ2v) is 31.3. The molecule has 0 fully saturated rings. The predicted octanol–water partition coefficient (Wildman–Crippen LogP) is 23.3. The zero-order chi connectivity index (χ0) is 71.2. The molecule has 0 saturated carbocycles. The second kappa shape index (κ2) is 71.1. The van der Waals surface area contributed by atoms with Crippen LogP contribution in [0.2, 0.25) is 0 Å². The zero-order valence-electron chi connectivity index (χ0n) is 63.2. The molecule has 17 nitrogen and oxygen atoms in total. The molecule has 0 saturated heterocycles. The highest BCUT2D eigenvalue weighted by Crippen LogP contribution is 2.45. The van der Waals surface area contributed by atoms with Crippen LogP contribution in [0.4, 0.5) is 0 Å². The van der Waals surface area contributed by atoms with Crippen molar-refractivity contribution in [3.8, 4) is 0 Å². The summed E-state index contributed by atoms with van der Waals surface area (Å²) in [5.74, 6) is -1.30. The average molecular weight is 1420 g/mol. The first-order valence-corrected chi connectivity index (χ1v) is 43.7. The molecular formula is C78H152O17P2. The third kappa shape index (κ3) is 70.9. The highest BCUT2D eigenvalue weighted by molar-refractivity contribution is 7.47. The van der Waals surface area contributed by atoms with E-state index in [1.165, 1.54) is 238 Å². The fourth-order valence-electron chi connectivity index (χ4n) is 12.0. The van der Waals surface area contributed by atoms with Crippen molar-refractivity contribution in [2.45, 2.75) is 432 Å². The first-order chi connectivity index (χ1) is 47.1. The van der Waals surface area contributed by atoms with Gasteiger partial charge in [0, 0.05) is 25.7 Å². The third-order valence-electron chi connectivity index (χ3n) is 18.6. The van der Waals surface area contributed by atoms with Gasteiger partial charge in [0.05, 0.1) is 26.4 Å². The van der Waals surface area contributed by atoms with Crippen molar-refractivity contribution in [3.63, 3.8) is 0 Å². The highest BCUT2D eigenvalue weighted by atomic mass is 31.2. The van der Waals surface area contributed by atoms with E-state index >= 15 is 0 Å². The third-order valence-corrected chi connectivity index (χ3v) is 20.5. The van der Waals surface area contributed by atoms with Gasteiger partial charge in [-0.25, -0.2) is 9.13 Å². The van der Waals surface area contributed by atoms with E-state index in [1.54, 1.807) is 0 Å². The number of hydrogen-bond donors (Lipinski definition) is 3. The lowest BCUT2D eigenvalue weighted by molar-refractivity contribution is -0.161. The summed E-state index contributed by atoms with van der Waals surface area (Å²) in [7, 11) is -9.91. The fourth-order valence-corrected chi connectivity index (χ4v) is 13.6. The van der Waals surface area contributed by atoms with Gasteiger partial charge in [-0.1, -0.05) is 362 Å². The number of phosphoric ester groups is 2. The summed E-state index contributed by atoms with van der Waals surface area (Å²) >= 11 is 0. The summed E-state index contributed by atoms with van der Waals surface area (Å²) in [5.41, 5.74) is 0. The van der Waals surface area contributed by atoms with Gasteiger partial charge in [-0.05, 0) is 31.6 Å². The number of aliphatic hydroxyl groups excluding tert-OH is 1. The minimum absolute atomic E-state index is 0.108. The molecule has 0 aliphatic heterocycles. The number of carbonyl (C=O) groups is 4. The number of aliphatic hydroxyl groups is 1. The van der Waals surface area contributed by atoms with Gasteiger partial charge in [0.25, 0.3) is 0 Å². The second-order valence-electron chi connectivity index (χ2n) is 28.3. The summed E-state index contributed by atoms with van der Waals surface area (Å²) in [6.07, 6.45) is 61.0. The number of carbonyl (C=O) groups excluding carboxylic acids is 4. The van der Waals surface area contributed by atoms with Crippen molar-refractivity contribution in [1.29, 1.82) is 0 Å². The lowest BCUT2D eigenvalue weighted by atomic mass is 9.99. The van der Waals surface area contributed by atoms with Crippen molar-refractivity contribution in [2.24, 2.45) is 5.92 Å². The van der Waals surface area contributed by atoms with E-state index in [9.17, 15) is 43.2 Å². The van der Waals surface area contributed by atoms with Crippen LogP contribution in [0.5, 0.6) is 0 Å². The lowest BCUT2D eigenvalue weighted by Gasteiger charge is -2.21. The molecule has 0 bridgehead atoms. The van der Waals surface area contributed by atoms with Crippen LogP contribution >= 0.6 is 15.6 Å².